The number of carbonyl (C=O) groups excluding carboxylic acids is 2. The smallest absolute Gasteiger partial charge is 0.705 e. The number of benzene rings is 4. The summed E-state index contributed by atoms with van der Waals surface area (Å²) in [5.41, 5.74) is 8.97. The van der Waals surface area contributed by atoms with Gasteiger partial charge in [-0.2, -0.15) is 45.4 Å². The Bertz CT molecular complexity index is 2960. The fourth-order valence-corrected chi connectivity index (χ4v) is 8.95. The molecular formula is C40H44K5N2O27S6+3. The van der Waals surface area contributed by atoms with E-state index in [-0.39, 0.29) is 294 Å². The number of aliphatic carboxylic acids is 2. The number of carboxylic acid groups (broad SMARTS) is 2. The molecule has 0 bridgehead atoms. The van der Waals surface area contributed by atoms with Crippen molar-refractivity contribution in [2.24, 2.45) is 0 Å². The monoisotopic (exact) mass is 1370 g/mol. The number of thioether (sulfide) groups is 1. The fraction of sp³-hybridized carbons (Fsp3) is 0.300. The number of rotatable bonds is 22. The zero-order valence-corrected chi connectivity index (χ0v) is 63.9. The molecule has 40 heteroatoms. The Hall–Kier alpha value is 2.44. The van der Waals surface area contributed by atoms with Crippen LogP contribution in [0.25, 0.3) is 22.3 Å². The zero-order valence-electron chi connectivity index (χ0n) is 43.4. The Kier molecular flexibility index (Phi) is 46.8. The first-order chi connectivity index (χ1) is 35.1. The summed E-state index contributed by atoms with van der Waals surface area (Å²) in [5.74, 6) is -1.50. The second-order valence-electron chi connectivity index (χ2n) is 14.6. The van der Waals surface area contributed by atoms with E-state index in [1.807, 2.05) is 91.2 Å². The van der Waals surface area contributed by atoms with Gasteiger partial charge in [0.1, 0.15) is 25.3 Å². The number of nitrogens with one attached hydrogen (secondary N) is 2. The van der Waals surface area contributed by atoms with Gasteiger partial charge < -0.3 is 49.5 Å². The molecule has 6 rings (SSSR count). The predicted octanol–water partition coefficient (Wildman–Crippen LogP) is -14.0. The van der Waals surface area contributed by atoms with Crippen LogP contribution in [0.2, 0.25) is 0 Å². The summed E-state index contributed by atoms with van der Waals surface area (Å²) >= 11 is 1.54. The van der Waals surface area contributed by atoms with Crippen LogP contribution in [0.15, 0.2) is 97.1 Å². The Labute approximate surface area is 679 Å². The molecule has 0 radical (unpaired) electrons. The van der Waals surface area contributed by atoms with Gasteiger partial charge in [-0.25, -0.2) is 19.2 Å². The molecule has 2 aliphatic rings. The van der Waals surface area contributed by atoms with Gasteiger partial charge in [0.15, 0.2) is 0 Å². The third-order valence-electron chi connectivity index (χ3n) is 9.73. The Morgan fingerprint density at radius 3 is 1.09 bits per heavy atom. The summed E-state index contributed by atoms with van der Waals surface area (Å²) in [6.45, 7) is 0.292. The number of alkyl carbamates (subject to hydrolysis) is 2. The number of amides is 2. The van der Waals surface area contributed by atoms with Gasteiger partial charge in [-0.3, -0.25) is 13.3 Å². The molecule has 0 saturated heterocycles. The van der Waals surface area contributed by atoms with Gasteiger partial charge in [-0.15, -0.1) is 0 Å². The van der Waals surface area contributed by atoms with E-state index in [1.165, 1.54) is 18.0 Å². The van der Waals surface area contributed by atoms with E-state index in [0.717, 1.165) is 44.5 Å². The number of carbonyl (C=O) groups is 4. The second-order valence-corrected chi connectivity index (χ2v) is 21.3. The van der Waals surface area contributed by atoms with E-state index in [4.69, 9.17) is 29.1 Å². The van der Waals surface area contributed by atoms with Crippen LogP contribution >= 0.6 is 11.8 Å². The molecule has 2 aliphatic carbocycles. The first-order valence-corrected chi connectivity index (χ1v) is 28.9. The molecule has 29 nitrogen and oxygen atoms in total. The van der Waals surface area contributed by atoms with Crippen LogP contribution < -0.4 is 278 Å². The maximum atomic E-state index is 12.1. The molecule has 0 fully saturated rings. The van der Waals surface area contributed by atoms with Crippen molar-refractivity contribution in [1.82, 2.24) is 10.6 Å². The van der Waals surface area contributed by atoms with Gasteiger partial charge in [0.05, 0.1) is 0 Å². The van der Waals surface area contributed by atoms with Crippen LogP contribution in [-0.4, -0.2) is 131 Å². The average Bonchev–Trinajstić information content (AvgIpc) is 3.86. The van der Waals surface area contributed by atoms with Crippen LogP contribution in [0, 0.1) is 0 Å². The third-order valence-corrected chi connectivity index (χ3v) is 12.6. The predicted molar refractivity (Wildman–Crippen MR) is 253 cm³/mol. The quantitative estimate of drug-likeness (QED) is 0.0184. The molecule has 2 amide bonds. The molecule has 4 aromatic carbocycles. The molecule has 80 heavy (non-hydrogen) atoms. The van der Waals surface area contributed by atoms with Gasteiger partial charge in [0, 0.05) is 34.6 Å². The average molecular weight is 1370 g/mol. The van der Waals surface area contributed by atoms with Gasteiger partial charge in [-0.1, -0.05) is 114 Å². The Morgan fingerprint density at radius 1 is 0.550 bits per heavy atom. The van der Waals surface area contributed by atoms with Crippen LogP contribution in [0.1, 0.15) is 46.9 Å². The van der Waals surface area contributed by atoms with Crippen LogP contribution in [0.5, 0.6) is 0 Å². The first-order valence-electron chi connectivity index (χ1n) is 20.4. The minimum Gasteiger partial charge on any atom is -0.705 e. The maximum Gasteiger partial charge on any atom is 1.00 e. The van der Waals surface area contributed by atoms with Crippen molar-refractivity contribution >= 4 is 88.3 Å². The van der Waals surface area contributed by atoms with Crippen molar-refractivity contribution in [2.75, 3.05) is 37.2 Å². The van der Waals surface area contributed by atoms with Crippen LogP contribution in [-0.2, 0) is 97.5 Å². The number of carboxylic acids is 2. The number of ether oxygens (including phenoxy) is 2. The zero-order chi connectivity index (χ0) is 56.1. The molecule has 0 spiro atoms. The molecule has 3 atom stereocenters. The molecule has 414 valence electrons. The van der Waals surface area contributed by atoms with Gasteiger partial charge in [0.2, 0.25) is 0 Å². The van der Waals surface area contributed by atoms with Crippen LogP contribution in [0.4, 0.5) is 9.59 Å². The standard InChI is InChI=1S/C20H21NO5S.C20H21NO4S.5K.2H2O9S2/c1-27(25)11-10-18(19(22)23)21-20(24)26-12-17-15-8-4-2-6-13(15)14-7-3-5-9-16(14)17;1-26-11-10-18(19(22)23)21-20(24)25-12-17-15-8-4-2-6-13(15)14-7-3-5-9-16(14)17;;;;;;2*1-7-11(5,6)9-8-10(2,3)4/h2-9,17-18H,10-12H2,1H3,(H,21,24)(H,22,23);2-9,17-18H,10-12H2,1H3,(H,21,24)(H,22,23);;;;;;2*1H,(H,2,3,4)/q;;5*+1;;/p-2/t18-,27?;18-;;;;;;;/m00......./s1. The number of fused-ring (bicyclic) bond motifs is 6. The van der Waals surface area contributed by atoms with Crippen molar-refractivity contribution in [1.29, 1.82) is 0 Å². The molecule has 4 aromatic rings. The SMILES string of the molecule is CS(=O)CC[C@H](NC(=O)OCC1c2ccccc2-c2ccccc21)C(=O)O.CSCC[C@H](NC(=O)OCC1c2ccccc2-c2ccccc21)C(=O)O.O=S(=O)(O)OOS(=O)(=O)O[O-].O=S(=O)(O)OOS(=O)(=O)O[O-].[K+].[K+].[K+].[K+].[K+]. The summed E-state index contributed by atoms with van der Waals surface area (Å²) in [7, 11) is -21.4. The summed E-state index contributed by atoms with van der Waals surface area (Å²) in [4.78, 5) is 46.7. The van der Waals surface area contributed by atoms with Crippen molar-refractivity contribution in [3.8, 4) is 22.3 Å². The van der Waals surface area contributed by atoms with Crippen molar-refractivity contribution in [3.05, 3.63) is 119 Å². The largest absolute Gasteiger partial charge is 1.00 e. The summed E-state index contributed by atoms with van der Waals surface area (Å²) in [6.07, 6.45) is 2.36. The van der Waals surface area contributed by atoms with Crippen molar-refractivity contribution in [2.45, 2.75) is 36.8 Å². The number of hydrogen-bond acceptors (Lipinski definition) is 24. The van der Waals surface area contributed by atoms with Gasteiger partial charge >= 0.3 is 323 Å². The maximum absolute atomic E-state index is 12.1. The minimum atomic E-state index is -5.09. The summed E-state index contributed by atoms with van der Waals surface area (Å²) in [5, 5.41) is 41.4. The third kappa shape index (κ3) is 32.3. The molecule has 1 unspecified atom stereocenters. The molecule has 0 saturated carbocycles. The van der Waals surface area contributed by atoms with Gasteiger partial charge in [-0.05, 0) is 69.4 Å². The second kappa shape index (κ2) is 43.2. The molecule has 0 aromatic heterocycles. The van der Waals surface area contributed by atoms with E-state index in [0.29, 0.717) is 12.2 Å². The van der Waals surface area contributed by atoms with Crippen LogP contribution in [0.3, 0.4) is 0 Å². The van der Waals surface area contributed by atoms with Crippen molar-refractivity contribution < 1.29 is 379 Å². The molecular weight excluding hydrogens is 1330 g/mol. The molecule has 6 N–H and O–H groups in total. The topological polar surface area (TPSA) is 447 Å². The van der Waals surface area contributed by atoms with E-state index >= 15 is 0 Å². The Balaban J connectivity index is -0.00000104. The molecule has 0 heterocycles. The summed E-state index contributed by atoms with van der Waals surface area (Å²) < 4.78 is 131. The van der Waals surface area contributed by atoms with Gasteiger partial charge in [0.25, 0.3) is 0 Å². The molecule has 0 aliphatic heterocycles. The number of hydrogen-bond donors (Lipinski definition) is 6. The van der Waals surface area contributed by atoms with E-state index in [9.17, 15) is 67.3 Å². The Morgan fingerprint density at radius 2 is 0.838 bits per heavy atom. The fourth-order valence-electron chi connectivity index (χ4n) is 6.76. The first kappa shape index (κ1) is 86.6. The van der Waals surface area contributed by atoms with E-state index in [2.05, 4.69) is 48.8 Å². The van der Waals surface area contributed by atoms with Crippen molar-refractivity contribution in [3.63, 3.8) is 0 Å². The van der Waals surface area contributed by atoms with E-state index in [1.54, 1.807) is 0 Å². The van der Waals surface area contributed by atoms with E-state index < -0.39 is 88.6 Å². The summed E-state index contributed by atoms with van der Waals surface area (Å²) in [6, 6.07) is 30.0. The minimum absolute atomic E-state index is 0. The normalized spacial score (nSPS) is 13.0.